The normalized spacial score (nSPS) is 13.2. The number of benzene rings is 1. The van der Waals surface area contributed by atoms with Crippen molar-refractivity contribution in [2.24, 2.45) is 11.3 Å². The minimum absolute atomic E-state index is 0.0336. The molecule has 0 bridgehead atoms. The first-order chi connectivity index (χ1) is 8.61. The topological polar surface area (TPSA) is 29.1 Å². The van der Waals surface area contributed by atoms with E-state index in [9.17, 15) is 13.6 Å². The molecular weight excluding hydrogens is 316 g/mol. The van der Waals surface area contributed by atoms with Gasteiger partial charge in [-0.1, -0.05) is 43.6 Å². The summed E-state index contributed by atoms with van der Waals surface area (Å²) in [5, 5.41) is 2.30. The fraction of sp³-hybridized carbons (Fsp3) is 0.500. The minimum Gasteiger partial charge on any atom is -0.321 e. The number of carbonyl (C=O) groups excluding carboxylic acids is 1. The van der Waals surface area contributed by atoms with Gasteiger partial charge in [0.1, 0.15) is 5.69 Å². The van der Waals surface area contributed by atoms with E-state index in [1.54, 1.807) is 0 Å². The first-order valence-corrected chi connectivity index (χ1v) is 6.85. The van der Waals surface area contributed by atoms with Gasteiger partial charge in [0.25, 0.3) is 0 Å². The number of hydrogen-bond acceptors (Lipinski definition) is 1. The average Bonchev–Trinajstić information content (AvgIpc) is 2.21. The zero-order valence-corrected chi connectivity index (χ0v) is 13.1. The minimum atomic E-state index is -0.788. The molecule has 1 aromatic carbocycles. The Morgan fingerprint density at radius 1 is 1.32 bits per heavy atom. The SMILES string of the molecule is CC(CC(=O)Nc1c(F)cc(Br)cc1F)C(C)(C)C. The van der Waals surface area contributed by atoms with Crippen molar-refractivity contribution in [1.82, 2.24) is 0 Å². The maximum Gasteiger partial charge on any atom is 0.224 e. The van der Waals surface area contributed by atoms with Gasteiger partial charge in [-0.3, -0.25) is 4.79 Å². The summed E-state index contributed by atoms with van der Waals surface area (Å²) < 4.78 is 27.4. The summed E-state index contributed by atoms with van der Waals surface area (Å²) in [4.78, 5) is 11.8. The lowest BCUT2D eigenvalue weighted by atomic mass is 9.80. The highest BCUT2D eigenvalue weighted by Crippen LogP contribution is 2.29. The number of carbonyl (C=O) groups is 1. The molecule has 0 aliphatic heterocycles. The van der Waals surface area contributed by atoms with Gasteiger partial charge in [-0.2, -0.15) is 0 Å². The highest BCUT2D eigenvalue weighted by Gasteiger charge is 2.23. The second-order valence-corrected chi connectivity index (χ2v) is 6.68. The number of hydrogen-bond donors (Lipinski definition) is 1. The maximum absolute atomic E-state index is 13.6. The molecule has 0 fully saturated rings. The molecule has 0 saturated heterocycles. The van der Waals surface area contributed by atoms with Crippen molar-refractivity contribution in [3.8, 4) is 0 Å². The monoisotopic (exact) mass is 333 g/mol. The Kier molecular flexibility index (Phi) is 5.07. The Morgan fingerprint density at radius 3 is 2.21 bits per heavy atom. The highest BCUT2D eigenvalue weighted by molar-refractivity contribution is 9.10. The summed E-state index contributed by atoms with van der Waals surface area (Å²) in [7, 11) is 0. The second kappa shape index (κ2) is 5.99. The van der Waals surface area contributed by atoms with Crippen molar-refractivity contribution in [1.29, 1.82) is 0 Å². The summed E-state index contributed by atoms with van der Waals surface area (Å²) in [5.74, 6) is -1.86. The van der Waals surface area contributed by atoms with Gasteiger partial charge >= 0.3 is 0 Å². The first kappa shape index (κ1) is 16.1. The van der Waals surface area contributed by atoms with Crippen LogP contribution in [-0.2, 0) is 4.79 Å². The lowest BCUT2D eigenvalue weighted by molar-refractivity contribution is -0.117. The molecule has 19 heavy (non-hydrogen) atoms. The molecule has 0 aliphatic carbocycles. The van der Waals surface area contributed by atoms with Gasteiger partial charge in [-0.15, -0.1) is 0 Å². The Bertz CT molecular complexity index is 460. The molecular formula is C14H18BrF2NO. The first-order valence-electron chi connectivity index (χ1n) is 6.05. The Morgan fingerprint density at radius 2 is 1.79 bits per heavy atom. The molecule has 1 N–H and O–H groups in total. The van der Waals surface area contributed by atoms with Crippen molar-refractivity contribution in [2.75, 3.05) is 5.32 Å². The molecule has 106 valence electrons. The van der Waals surface area contributed by atoms with E-state index in [-0.39, 0.29) is 23.7 Å². The lowest BCUT2D eigenvalue weighted by Crippen LogP contribution is -2.24. The number of halogens is 3. The van der Waals surface area contributed by atoms with Crippen molar-refractivity contribution in [3.63, 3.8) is 0 Å². The zero-order valence-electron chi connectivity index (χ0n) is 11.5. The van der Waals surface area contributed by atoms with Crippen molar-refractivity contribution in [3.05, 3.63) is 28.2 Å². The van der Waals surface area contributed by atoms with Crippen LogP contribution in [0.2, 0.25) is 0 Å². The zero-order chi connectivity index (χ0) is 14.8. The fourth-order valence-corrected chi connectivity index (χ4v) is 1.84. The summed E-state index contributed by atoms with van der Waals surface area (Å²) in [5.41, 5.74) is -0.428. The smallest absolute Gasteiger partial charge is 0.224 e. The third kappa shape index (κ3) is 4.56. The molecule has 5 heteroatoms. The number of rotatable bonds is 3. The van der Waals surface area contributed by atoms with Gasteiger partial charge < -0.3 is 5.32 Å². The van der Waals surface area contributed by atoms with Gasteiger partial charge in [0.2, 0.25) is 5.91 Å². The Hall–Kier alpha value is -0.970. The molecule has 0 aromatic heterocycles. The molecule has 1 aromatic rings. The van der Waals surface area contributed by atoms with Crippen LogP contribution in [0.1, 0.15) is 34.1 Å². The van der Waals surface area contributed by atoms with E-state index < -0.39 is 17.3 Å². The summed E-state index contributed by atoms with van der Waals surface area (Å²) in [6.45, 7) is 8.00. The summed E-state index contributed by atoms with van der Waals surface area (Å²) >= 11 is 2.99. The number of amides is 1. The highest BCUT2D eigenvalue weighted by atomic mass is 79.9. The van der Waals surface area contributed by atoms with Crippen molar-refractivity contribution < 1.29 is 13.6 Å². The molecule has 0 radical (unpaired) electrons. The Balaban J connectivity index is 2.79. The predicted octanol–water partition coefficient (Wildman–Crippen LogP) is 4.74. The average molecular weight is 334 g/mol. The fourth-order valence-electron chi connectivity index (χ4n) is 1.44. The Labute approximate surface area is 120 Å². The van der Waals surface area contributed by atoms with Crippen molar-refractivity contribution in [2.45, 2.75) is 34.1 Å². The third-order valence-corrected chi connectivity index (χ3v) is 3.70. The van der Waals surface area contributed by atoms with Crippen LogP contribution in [0.4, 0.5) is 14.5 Å². The van der Waals surface area contributed by atoms with Crippen molar-refractivity contribution >= 4 is 27.5 Å². The molecule has 0 spiro atoms. The van der Waals surface area contributed by atoms with E-state index in [1.807, 2.05) is 27.7 Å². The van der Waals surface area contributed by atoms with Gasteiger partial charge in [0.05, 0.1) is 0 Å². The van der Waals surface area contributed by atoms with Crippen LogP contribution in [0.25, 0.3) is 0 Å². The van der Waals surface area contributed by atoms with E-state index in [0.29, 0.717) is 4.47 Å². The van der Waals surface area contributed by atoms with Gasteiger partial charge in [-0.05, 0) is 23.5 Å². The molecule has 1 atom stereocenters. The molecule has 1 amide bonds. The van der Waals surface area contributed by atoms with Crippen LogP contribution < -0.4 is 5.32 Å². The number of nitrogens with one attached hydrogen (secondary N) is 1. The van der Waals surface area contributed by atoms with Gasteiger partial charge in [0.15, 0.2) is 11.6 Å². The summed E-state index contributed by atoms with van der Waals surface area (Å²) in [6, 6.07) is 2.23. The molecule has 1 rings (SSSR count). The predicted molar refractivity (Wildman–Crippen MR) is 75.9 cm³/mol. The third-order valence-electron chi connectivity index (χ3n) is 3.24. The summed E-state index contributed by atoms with van der Waals surface area (Å²) in [6.07, 6.45) is 0.221. The maximum atomic E-state index is 13.6. The van der Waals surface area contributed by atoms with Crippen LogP contribution in [0, 0.1) is 23.0 Å². The van der Waals surface area contributed by atoms with E-state index in [4.69, 9.17) is 0 Å². The van der Waals surface area contributed by atoms with Gasteiger partial charge in [-0.25, -0.2) is 8.78 Å². The molecule has 1 unspecified atom stereocenters. The van der Waals surface area contributed by atoms with Gasteiger partial charge in [0, 0.05) is 10.9 Å². The quantitative estimate of drug-likeness (QED) is 0.850. The number of anilines is 1. The van der Waals surface area contributed by atoms with Crippen LogP contribution in [0.15, 0.2) is 16.6 Å². The van der Waals surface area contributed by atoms with Crippen LogP contribution in [0.3, 0.4) is 0 Å². The molecule has 2 nitrogen and oxygen atoms in total. The van der Waals surface area contributed by atoms with Crippen LogP contribution in [0.5, 0.6) is 0 Å². The van der Waals surface area contributed by atoms with E-state index in [2.05, 4.69) is 21.2 Å². The lowest BCUT2D eigenvalue weighted by Gasteiger charge is -2.26. The van der Waals surface area contributed by atoms with E-state index in [1.165, 1.54) is 0 Å². The molecule has 0 heterocycles. The largest absolute Gasteiger partial charge is 0.321 e. The molecule has 0 aliphatic rings. The van der Waals surface area contributed by atoms with E-state index >= 15 is 0 Å². The standard InChI is InChI=1S/C14H18BrF2NO/c1-8(14(2,3)4)5-12(19)18-13-10(16)6-9(15)7-11(13)17/h6-8H,5H2,1-4H3,(H,18,19). The van der Waals surface area contributed by atoms with Crippen LogP contribution >= 0.6 is 15.9 Å². The second-order valence-electron chi connectivity index (χ2n) is 5.76. The van der Waals surface area contributed by atoms with E-state index in [0.717, 1.165) is 12.1 Å². The molecule has 0 saturated carbocycles. The van der Waals surface area contributed by atoms with Crippen LogP contribution in [-0.4, -0.2) is 5.91 Å².